The molecule has 1 aromatic carbocycles. The predicted octanol–water partition coefficient (Wildman–Crippen LogP) is 4.28. The van der Waals surface area contributed by atoms with Gasteiger partial charge in [-0.1, -0.05) is 12.1 Å². The van der Waals surface area contributed by atoms with Crippen LogP contribution in [-0.4, -0.2) is 17.3 Å². The summed E-state index contributed by atoms with van der Waals surface area (Å²) in [5.74, 6) is 1.57. The van der Waals surface area contributed by atoms with E-state index in [-0.39, 0.29) is 0 Å². The molecular formula is C15H13BrN2OS. The van der Waals surface area contributed by atoms with Crippen molar-refractivity contribution in [3.05, 3.63) is 52.6 Å². The van der Waals surface area contributed by atoms with Crippen molar-refractivity contribution in [1.82, 2.24) is 4.98 Å². The van der Waals surface area contributed by atoms with E-state index in [0.717, 1.165) is 21.7 Å². The van der Waals surface area contributed by atoms with Crippen LogP contribution < -0.4 is 4.74 Å². The van der Waals surface area contributed by atoms with Gasteiger partial charge >= 0.3 is 0 Å². The molecule has 0 spiro atoms. The van der Waals surface area contributed by atoms with Crippen molar-refractivity contribution in [3.63, 3.8) is 0 Å². The maximum Gasteiger partial charge on any atom is 0.137 e. The first-order chi connectivity index (χ1) is 9.81. The molecule has 0 aliphatic rings. The Labute approximate surface area is 131 Å². The highest BCUT2D eigenvalue weighted by Gasteiger charge is 2.03. The van der Waals surface area contributed by atoms with Gasteiger partial charge in [0.2, 0.25) is 0 Å². The van der Waals surface area contributed by atoms with Crippen LogP contribution in [0.3, 0.4) is 0 Å². The summed E-state index contributed by atoms with van der Waals surface area (Å²) in [5, 5.41) is 9.94. The lowest BCUT2D eigenvalue weighted by Crippen LogP contribution is -2.00. The van der Waals surface area contributed by atoms with E-state index in [1.165, 1.54) is 0 Å². The van der Waals surface area contributed by atoms with Gasteiger partial charge in [-0.2, -0.15) is 5.26 Å². The number of rotatable bonds is 6. The summed E-state index contributed by atoms with van der Waals surface area (Å²) in [6, 6.07) is 13.3. The highest BCUT2D eigenvalue weighted by molar-refractivity contribution is 9.10. The smallest absolute Gasteiger partial charge is 0.137 e. The Hall–Kier alpha value is -1.51. The molecule has 0 saturated heterocycles. The molecule has 0 N–H and O–H groups in total. The summed E-state index contributed by atoms with van der Waals surface area (Å²) >= 11 is 5.16. The molecule has 0 atom stereocenters. The monoisotopic (exact) mass is 348 g/mol. The number of aromatic nitrogens is 1. The van der Waals surface area contributed by atoms with Crippen LogP contribution in [0.25, 0.3) is 0 Å². The molecule has 0 unspecified atom stereocenters. The van der Waals surface area contributed by atoms with Crippen molar-refractivity contribution in [1.29, 1.82) is 5.26 Å². The number of halogens is 1. The van der Waals surface area contributed by atoms with Crippen LogP contribution in [0.15, 0.2) is 52.1 Å². The fraction of sp³-hybridized carbons (Fsp3) is 0.200. The van der Waals surface area contributed by atoms with E-state index in [9.17, 15) is 0 Å². The number of hydrogen-bond acceptors (Lipinski definition) is 4. The number of thioether (sulfide) groups is 1. The third-order valence-electron chi connectivity index (χ3n) is 2.52. The highest BCUT2D eigenvalue weighted by Crippen LogP contribution is 2.25. The molecule has 0 bridgehead atoms. The number of pyridine rings is 1. The summed E-state index contributed by atoms with van der Waals surface area (Å²) in [6.45, 7) is 0.593. The number of nitrogens with zero attached hydrogens (tertiary/aromatic N) is 2. The minimum Gasteiger partial charge on any atom is -0.492 e. The maximum absolute atomic E-state index is 8.95. The lowest BCUT2D eigenvalue weighted by molar-refractivity contribution is 0.318. The van der Waals surface area contributed by atoms with Crippen molar-refractivity contribution in [2.75, 3.05) is 12.4 Å². The van der Waals surface area contributed by atoms with Crippen molar-refractivity contribution >= 4 is 27.7 Å². The molecule has 102 valence electrons. The third kappa shape index (κ3) is 4.26. The fourth-order valence-electron chi connectivity index (χ4n) is 1.57. The number of nitriles is 1. The summed E-state index contributed by atoms with van der Waals surface area (Å²) in [4.78, 5) is 4.29. The lowest BCUT2D eigenvalue weighted by atomic mass is 10.2. The van der Waals surface area contributed by atoms with E-state index < -0.39 is 0 Å². The third-order valence-corrected chi connectivity index (χ3v) is 4.51. The molecule has 0 amide bonds. The van der Waals surface area contributed by atoms with E-state index >= 15 is 0 Å². The zero-order chi connectivity index (χ0) is 14.2. The van der Waals surface area contributed by atoms with Crippen LogP contribution in [0.2, 0.25) is 0 Å². The molecule has 2 aromatic rings. The summed E-state index contributed by atoms with van der Waals surface area (Å²) in [6.07, 6.45) is 2.68. The van der Waals surface area contributed by atoms with Gasteiger partial charge in [0.1, 0.15) is 16.8 Å². The van der Waals surface area contributed by atoms with Crippen LogP contribution in [0.5, 0.6) is 5.75 Å². The van der Waals surface area contributed by atoms with Gasteiger partial charge in [-0.25, -0.2) is 4.98 Å². The zero-order valence-corrected chi connectivity index (χ0v) is 13.2. The van der Waals surface area contributed by atoms with Gasteiger partial charge in [-0.3, -0.25) is 0 Å². The molecule has 3 nitrogen and oxygen atoms in total. The van der Waals surface area contributed by atoms with E-state index in [1.54, 1.807) is 24.0 Å². The molecule has 5 heteroatoms. The Kier molecular flexibility index (Phi) is 5.90. The van der Waals surface area contributed by atoms with Crippen molar-refractivity contribution in [2.24, 2.45) is 0 Å². The molecule has 1 aromatic heterocycles. The number of hydrogen-bond donors (Lipinski definition) is 0. The normalized spacial score (nSPS) is 10.0. The van der Waals surface area contributed by atoms with Gasteiger partial charge in [-0.05, 0) is 46.6 Å². The largest absolute Gasteiger partial charge is 0.492 e. The Bertz CT molecular complexity index is 613. The summed E-state index contributed by atoms with van der Waals surface area (Å²) in [5.41, 5.74) is 0.577. The molecule has 1 heterocycles. The van der Waals surface area contributed by atoms with Crippen molar-refractivity contribution in [3.8, 4) is 11.8 Å². The SMILES string of the molecule is N#Cc1ccccc1OCCCSc1ncccc1Br. The fourth-order valence-corrected chi connectivity index (χ4v) is 2.97. The first kappa shape index (κ1) is 14.9. The average Bonchev–Trinajstić information content (AvgIpc) is 2.49. The van der Waals surface area contributed by atoms with Gasteiger partial charge in [0.25, 0.3) is 0 Å². The van der Waals surface area contributed by atoms with Crippen LogP contribution in [0.1, 0.15) is 12.0 Å². The molecule has 2 rings (SSSR count). The number of ether oxygens (including phenoxy) is 1. The summed E-state index contributed by atoms with van der Waals surface area (Å²) < 4.78 is 6.64. The van der Waals surface area contributed by atoms with Gasteiger partial charge in [0.15, 0.2) is 0 Å². The maximum atomic E-state index is 8.95. The molecule has 20 heavy (non-hydrogen) atoms. The first-order valence-corrected chi connectivity index (χ1v) is 7.94. The Morgan fingerprint density at radius 1 is 1.25 bits per heavy atom. The second-order valence-electron chi connectivity index (χ2n) is 3.95. The zero-order valence-electron chi connectivity index (χ0n) is 10.8. The number of benzene rings is 1. The van der Waals surface area contributed by atoms with E-state index in [0.29, 0.717) is 17.9 Å². The summed E-state index contributed by atoms with van der Waals surface area (Å²) in [7, 11) is 0. The van der Waals surface area contributed by atoms with Crippen LogP contribution in [-0.2, 0) is 0 Å². The Balaban J connectivity index is 1.75. The molecule has 0 fully saturated rings. The first-order valence-electron chi connectivity index (χ1n) is 6.16. The van der Waals surface area contributed by atoms with Crippen molar-refractivity contribution in [2.45, 2.75) is 11.4 Å². The van der Waals surface area contributed by atoms with E-state index in [2.05, 4.69) is 27.0 Å². The molecule has 0 radical (unpaired) electrons. The van der Waals surface area contributed by atoms with Crippen LogP contribution in [0, 0.1) is 11.3 Å². The minimum absolute atomic E-state index is 0.577. The van der Waals surface area contributed by atoms with Crippen molar-refractivity contribution < 1.29 is 4.74 Å². The Morgan fingerprint density at radius 2 is 2.10 bits per heavy atom. The van der Waals surface area contributed by atoms with E-state index in [1.807, 2.05) is 30.3 Å². The second kappa shape index (κ2) is 7.93. The average molecular weight is 349 g/mol. The Morgan fingerprint density at radius 3 is 2.90 bits per heavy atom. The van der Waals surface area contributed by atoms with Crippen LogP contribution in [0.4, 0.5) is 0 Å². The van der Waals surface area contributed by atoms with Gasteiger partial charge < -0.3 is 4.74 Å². The lowest BCUT2D eigenvalue weighted by Gasteiger charge is -2.07. The van der Waals surface area contributed by atoms with Gasteiger partial charge in [0, 0.05) is 16.4 Å². The number of para-hydroxylation sites is 1. The van der Waals surface area contributed by atoms with E-state index in [4.69, 9.17) is 10.00 Å². The topological polar surface area (TPSA) is 45.9 Å². The van der Waals surface area contributed by atoms with Crippen LogP contribution >= 0.6 is 27.7 Å². The van der Waals surface area contributed by atoms with Gasteiger partial charge in [-0.15, -0.1) is 11.8 Å². The second-order valence-corrected chi connectivity index (χ2v) is 5.89. The standard InChI is InChI=1S/C15H13BrN2OS/c16-13-6-3-8-18-15(13)20-10-4-9-19-14-7-2-1-5-12(14)11-17/h1-3,5-8H,4,9-10H2. The predicted molar refractivity (Wildman–Crippen MR) is 83.9 cm³/mol. The highest BCUT2D eigenvalue weighted by atomic mass is 79.9. The molecule has 0 aliphatic heterocycles. The van der Waals surface area contributed by atoms with Gasteiger partial charge in [0.05, 0.1) is 12.2 Å². The quantitative estimate of drug-likeness (QED) is 0.577. The molecular weight excluding hydrogens is 336 g/mol. The molecule has 0 aliphatic carbocycles. The molecule has 0 saturated carbocycles. The minimum atomic E-state index is 0.577.